The highest BCUT2D eigenvalue weighted by Gasteiger charge is 2.05. The van der Waals surface area contributed by atoms with E-state index in [0.717, 1.165) is 64.2 Å². The van der Waals surface area contributed by atoms with Crippen molar-refractivity contribution >= 4 is 35.6 Å². The van der Waals surface area contributed by atoms with Gasteiger partial charge in [0.25, 0.3) is 0 Å². The van der Waals surface area contributed by atoms with Gasteiger partial charge in [-0.25, -0.2) is 0 Å². The Bertz CT molecular complexity index is 1040. The number of carbonyl (C=O) groups is 6. The molecule has 0 atom stereocenters. The fourth-order valence-corrected chi connectivity index (χ4v) is 5.27. The molecule has 6 N–H and O–H groups in total. The molecule has 62 heavy (non-hydrogen) atoms. The number of rotatable bonds is 49. The average Bonchev–Trinajstić information content (AvgIpc) is 3.24. The molecule has 4 amide bonds. The lowest BCUT2D eigenvalue weighted by atomic mass is 10.1. The summed E-state index contributed by atoms with van der Waals surface area (Å²) in [5.41, 5.74) is 0. The van der Waals surface area contributed by atoms with Crippen molar-refractivity contribution in [1.29, 1.82) is 0 Å². The predicted molar refractivity (Wildman–Crippen MR) is 228 cm³/mol. The minimum Gasteiger partial charge on any atom is -0.481 e. The van der Waals surface area contributed by atoms with Crippen molar-refractivity contribution in [3.05, 3.63) is 0 Å². The lowest BCUT2D eigenvalue weighted by Crippen LogP contribution is -2.27. The Labute approximate surface area is 367 Å². The maximum atomic E-state index is 12.0. The third-order valence-corrected chi connectivity index (χ3v) is 8.67. The molecule has 0 spiro atoms. The first-order chi connectivity index (χ1) is 30.2. The molecule has 0 aromatic carbocycles. The van der Waals surface area contributed by atoms with Crippen molar-refractivity contribution in [2.45, 2.75) is 103 Å². The molecule has 0 aliphatic rings. The Morgan fingerprint density at radius 3 is 0.839 bits per heavy atom. The summed E-state index contributed by atoms with van der Waals surface area (Å²) >= 11 is 0. The quantitative estimate of drug-likeness (QED) is 0.0477. The Kier molecular flexibility index (Phi) is 44.3. The second-order valence-electron chi connectivity index (χ2n) is 14.1. The van der Waals surface area contributed by atoms with Gasteiger partial charge in [0.05, 0.1) is 119 Å². The molecule has 20 nitrogen and oxygen atoms in total. The van der Waals surface area contributed by atoms with Gasteiger partial charge in [-0.05, 0) is 25.7 Å². The summed E-state index contributed by atoms with van der Waals surface area (Å²) in [6.07, 6.45) is 10.6. The van der Waals surface area contributed by atoms with E-state index in [1.165, 1.54) is 0 Å². The van der Waals surface area contributed by atoms with Crippen LogP contribution in [0.15, 0.2) is 0 Å². The van der Waals surface area contributed by atoms with Crippen LogP contribution in [-0.2, 0) is 66.7 Å². The minimum atomic E-state index is -0.894. The summed E-state index contributed by atoms with van der Waals surface area (Å²) in [6, 6.07) is 0. The number of carboxylic acids is 2. The Morgan fingerprint density at radius 1 is 0.258 bits per heavy atom. The molecule has 0 saturated heterocycles. The van der Waals surface area contributed by atoms with Crippen molar-refractivity contribution in [2.24, 2.45) is 0 Å². The highest BCUT2D eigenvalue weighted by molar-refractivity contribution is 5.77. The van der Waals surface area contributed by atoms with Crippen LogP contribution < -0.4 is 21.3 Å². The number of carboxylic acid groups (broad SMARTS) is 2. The first-order valence-electron chi connectivity index (χ1n) is 22.3. The van der Waals surface area contributed by atoms with Gasteiger partial charge in [-0.3, -0.25) is 28.8 Å². The molecule has 0 bridgehead atoms. The fraction of sp³-hybridized carbons (Fsp3) is 0.857. The van der Waals surface area contributed by atoms with Crippen molar-refractivity contribution in [3.8, 4) is 0 Å². The van der Waals surface area contributed by atoms with Gasteiger partial charge in [-0.1, -0.05) is 38.5 Å². The predicted octanol–water partition coefficient (Wildman–Crippen LogP) is 1.99. The molecule has 0 saturated carbocycles. The summed E-state index contributed by atoms with van der Waals surface area (Å²) in [6.45, 7) is 7.50. The Balaban J connectivity index is 3.35. The average molecular weight is 895 g/mol. The standard InChI is InChI=1S/C42H78N4O16/c47-37(45-19-25-59-31-35-61-33-29-57-23-15-41(51)52)11-7-3-1-5-9-17-43-39(49)13-21-55-27-28-56-22-14-40(50)44-18-10-6-2-4-8-12-38(48)46-20-26-60-32-36-62-34-30-58-24-16-42(53)54/h1-36H2,(H,43,49)(H,44,50)(H,45,47)(H,46,48)(H,51,52)(H,53,54). The number of nitrogens with one attached hydrogen (secondary N) is 4. The van der Waals surface area contributed by atoms with E-state index in [4.69, 9.17) is 48.1 Å². The molecular weight excluding hydrogens is 816 g/mol. The van der Waals surface area contributed by atoms with Crippen LogP contribution >= 0.6 is 0 Å². The van der Waals surface area contributed by atoms with Crippen LogP contribution in [0, 0.1) is 0 Å². The van der Waals surface area contributed by atoms with E-state index in [0.29, 0.717) is 132 Å². The van der Waals surface area contributed by atoms with Gasteiger partial charge >= 0.3 is 11.9 Å². The topological polar surface area (TPSA) is 265 Å². The Morgan fingerprint density at radius 2 is 0.500 bits per heavy atom. The SMILES string of the molecule is O=C(O)CCOCCOCCOCCNC(=O)CCCCCCCNC(=O)CCOCCOCCC(=O)NCCCCCCCC(=O)NCCOCCOCCOCCC(=O)O. The number of amides is 4. The van der Waals surface area contributed by atoms with Crippen LogP contribution in [0.25, 0.3) is 0 Å². The van der Waals surface area contributed by atoms with E-state index in [1.54, 1.807) is 0 Å². The summed E-state index contributed by atoms with van der Waals surface area (Å²) in [5, 5.41) is 28.5. The second kappa shape index (κ2) is 47.0. The van der Waals surface area contributed by atoms with E-state index in [1.807, 2.05) is 0 Å². The van der Waals surface area contributed by atoms with Crippen molar-refractivity contribution in [2.75, 3.05) is 132 Å². The fourth-order valence-electron chi connectivity index (χ4n) is 5.27. The smallest absolute Gasteiger partial charge is 0.305 e. The van der Waals surface area contributed by atoms with Crippen LogP contribution in [-0.4, -0.2) is 178 Å². The lowest BCUT2D eigenvalue weighted by Gasteiger charge is -2.08. The van der Waals surface area contributed by atoms with Gasteiger partial charge in [0.2, 0.25) is 23.6 Å². The van der Waals surface area contributed by atoms with Gasteiger partial charge in [0.15, 0.2) is 0 Å². The Hall–Kier alpha value is -3.50. The van der Waals surface area contributed by atoms with Crippen LogP contribution in [0.4, 0.5) is 0 Å². The van der Waals surface area contributed by atoms with Gasteiger partial charge in [-0.2, -0.15) is 0 Å². The van der Waals surface area contributed by atoms with E-state index in [-0.39, 0.29) is 62.5 Å². The molecular formula is C42H78N4O16. The van der Waals surface area contributed by atoms with Crippen molar-refractivity contribution in [1.82, 2.24) is 21.3 Å². The third kappa shape index (κ3) is 49.2. The van der Waals surface area contributed by atoms with Gasteiger partial charge in [-0.15, -0.1) is 0 Å². The third-order valence-electron chi connectivity index (χ3n) is 8.67. The molecule has 0 aliphatic heterocycles. The zero-order valence-electron chi connectivity index (χ0n) is 37.1. The van der Waals surface area contributed by atoms with Gasteiger partial charge in [0, 0.05) is 51.9 Å². The summed E-state index contributed by atoms with van der Waals surface area (Å²) in [5.74, 6) is -1.91. The molecule has 0 aromatic rings. The molecule has 0 aliphatic carbocycles. The number of carbonyl (C=O) groups excluding carboxylic acids is 4. The second-order valence-corrected chi connectivity index (χ2v) is 14.1. The maximum Gasteiger partial charge on any atom is 0.305 e. The first-order valence-corrected chi connectivity index (χ1v) is 22.3. The molecule has 0 aromatic heterocycles. The summed E-state index contributed by atoms with van der Waals surface area (Å²) < 4.78 is 42.6. The number of ether oxygens (including phenoxy) is 8. The lowest BCUT2D eigenvalue weighted by molar-refractivity contribution is -0.139. The number of hydrogen-bond acceptors (Lipinski definition) is 14. The van der Waals surface area contributed by atoms with Crippen LogP contribution in [0.5, 0.6) is 0 Å². The maximum absolute atomic E-state index is 12.0. The highest BCUT2D eigenvalue weighted by atomic mass is 16.6. The van der Waals surface area contributed by atoms with E-state index >= 15 is 0 Å². The van der Waals surface area contributed by atoms with Crippen LogP contribution in [0.3, 0.4) is 0 Å². The normalized spacial score (nSPS) is 11.0. The van der Waals surface area contributed by atoms with Crippen LogP contribution in [0.2, 0.25) is 0 Å². The minimum absolute atomic E-state index is 0.00111. The first kappa shape index (κ1) is 58.5. The number of aliphatic carboxylic acids is 2. The molecule has 20 heteroatoms. The number of unbranched alkanes of at least 4 members (excludes halogenated alkanes) is 8. The molecule has 0 fully saturated rings. The van der Waals surface area contributed by atoms with Gasteiger partial charge in [0.1, 0.15) is 0 Å². The number of hydrogen-bond donors (Lipinski definition) is 6. The summed E-state index contributed by atoms with van der Waals surface area (Å²) in [4.78, 5) is 68.7. The van der Waals surface area contributed by atoms with Gasteiger partial charge < -0.3 is 69.4 Å². The van der Waals surface area contributed by atoms with E-state index in [9.17, 15) is 28.8 Å². The zero-order valence-corrected chi connectivity index (χ0v) is 37.1. The summed E-state index contributed by atoms with van der Waals surface area (Å²) in [7, 11) is 0. The van der Waals surface area contributed by atoms with E-state index < -0.39 is 11.9 Å². The molecule has 0 radical (unpaired) electrons. The molecule has 362 valence electrons. The molecule has 0 unspecified atom stereocenters. The van der Waals surface area contributed by atoms with Crippen LogP contribution in [0.1, 0.15) is 103 Å². The van der Waals surface area contributed by atoms with Crippen molar-refractivity contribution in [3.63, 3.8) is 0 Å². The zero-order chi connectivity index (χ0) is 45.4. The monoisotopic (exact) mass is 895 g/mol. The molecule has 0 rings (SSSR count). The molecule has 0 heterocycles. The highest BCUT2D eigenvalue weighted by Crippen LogP contribution is 2.06. The largest absolute Gasteiger partial charge is 0.481 e. The van der Waals surface area contributed by atoms with E-state index in [2.05, 4.69) is 21.3 Å². The van der Waals surface area contributed by atoms with Crippen molar-refractivity contribution < 1.29 is 76.9 Å².